The molecule has 1 saturated carbocycles. The molecular formula is C45H53FN8O4. The molecule has 0 bridgehead atoms. The highest BCUT2D eigenvalue weighted by Crippen LogP contribution is 2.32. The fraction of sp³-hybridized carbons (Fsp3) is 0.422. The minimum Gasteiger partial charge on any atom is -0.438 e. The molecule has 8 rings (SSSR count). The van der Waals surface area contributed by atoms with E-state index in [1.165, 1.54) is 23.6 Å². The van der Waals surface area contributed by atoms with Gasteiger partial charge in [0.05, 0.1) is 19.4 Å². The van der Waals surface area contributed by atoms with Gasteiger partial charge in [0.25, 0.3) is 11.8 Å². The Labute approximate surface area is 339 Å². The van der Waals surface area contributed by atoms with Crippen LogP contribution in [0.2, 0.25) is 0 Å². The second-order valence-corrected chi connectivity index (χ2v) is 16.0. The van der Waals surface area contributed by atoms with E-state index < -0.39 is 11.7 Å². The number of imidazole rings is 1. The first-order valence-electron chi connectivity index (χ1n) is 20.6. The van der Waals surface area contributed by atoms with Crippen LogP contribution in [0.15, 0.2) is 79.1 Å². The van der Waals surface area contributed by atoms with Crippen LogP contribution in [0.25, 0.3) is 16.8 Å². The Kier molecular flexibility index (Phi) is 12.4. The molecule has 0 radical (unpaired) electrons. The van der Waals surface area contributed by atoms with Gasteiger partial charge in [0.1, 0.15) is 28.5 Å². The minimum absolute atomic E-state index is 0.0278. The third kappa shape index (κ3) is 9.72. The predicted octanol–water partition coefficient (Wildman–Crippen LogP) is 6.08. The first kappa shape index (κ1) is 39.6. The lowest BCUT2D eigenvalue weighted by atomic mass is 9.91. The summed E-state index contributed by atoms with van der Waals surface area (Å²) >= 11 is 0. The summed E-state index contributed by atoms with van der Waals surface area (Å²) in [6.07, 6.45) is 6.67. The van der Waals surface area contributed by atoms with Gasteiger partial charge in [-0.15, -0.1) is 0 Å². The maximum atomic E-state index is 14.6. The second kappa shape index (κ2) is 18.2. The van der Waals surface area contributed by atoms with Crippen LogP contribution in [0.3, 0.4) is 0 Å². The molecule has 0 spiro atoms. The van der Waals surface area contributed by atoms with Crippen molar-refractivity contribution in [3.8, 4) is 22.8 Å². The lowest BCUT2D eigenvalue weighted by molar-refractivity contribution is 0.0342. The number of amides is 2. The largest absolute Gasteiger partial charge is 0.438 e. The molecule has 58 heavy (non-hydrogen) atoms. The molecule has 304 valence electrons. The minimum atomic E-state index is -0.625. The zero-order valence-corrected chi connectivity index (χ0v) is 33.5. The van der Waals surface area contributed by atoms with Crippen molar-refractivity contribution in [2.45, 2.75) is 64.2 Å². The van der Waals surface area contributed by atoms with E-state index in [1.807, 2.05) is 47.7 Å². The van der Waals surface area contributed by atoms with Crippen LogP contribution < -0.4 is 15.4 Å². The number of carbonyl (C=O) groups excluding carboxylic acids is 2. The molecule has 12 nitrogen and oxygen atoms in total. The average molecular weight is 789 g/mol. The van der Waals surface area contributed by atoms with Crippen molar-refractivity contribution < 1.29 is 23.5 Å². The molecule has 3 fully saturated rings. The fourth-order valence-corrected chi connectivity index (χ4v) is 8.35. The summed E-state index contributed by atoms with van der Waals surface area (Å²) in [5.41, 5.74) is 6.76. The first-order chi connectivity index (χ1) is 28.2. The number of nitrogens with zero attached hydrogens (tertiary/aromatic N) is 6. The highest BCUT2D eigenvalue weighted by molar-refractivity contribution is 5.96. The highest BCUT2D eigenvalue weighted by atomic mass is 19.1. The molecule has 5 heterocycles. The number of morpholine rings is 1. The average Bonchev–Trinajstić information content (AvgIpc) is 3.58. The van der Waals surface area contributed by atoms with Gasteiger partial charge in [0.15, 0.2) is 0 Å². The van der Waals surface area contributed by atoms with E-state index in [1.54, 1.807) is 6.20 Å². The third-order valence-electron chi connectivity index (χ3n) is 11.6. The molecule has 2 aliphatic heterocycles. The summed E-state index contributed by atoms with van der Waals surface area (Å²) in [7, 11) is 2.20. The summed E-state index contributed by atoms with van der Waals surface area (Å²) in [5, 5.41) is 6.18. The van der Waals surface area contributed by atoms with E-state index in [-0.39, 0.29) is 29.4 Å². The molecule has 13 heteroatoms. The van der Waals surface area contributed by atoms with Crippen LogP contribution in [0.5, 0.6) is 11.6 Å². The SMILES string of the molecule is Cc1cccc2nc(C(=O)N[C@H]3CC[C@H](NC(=O)c4cc(F)cnc4Oc4cccc(-c5ccc(CN6CCCN(C)CC6)cc5CN5CCOCC5)c4)CC3)cn12. The number of likely N-dealkylation sites (N-methyl/N-ethyl adjacent to an activating group) is 1. The Morgan fingerprint density at radius 1 is 0.845 bits per heavy atom. The molecular weight excluding hydrogens is 736 g/mol. The molecule has 3 aromatic heterocycles. The van der Waals surface area contributed by atoms with Crippen molar-refractivity contribution in [3.05, 3.63) is 113 Å². The van der Waals surface area contributed by atoms with E-state index in [4.69, 9.17) is 9.47 Å². The maximum absolute atomic E-state index is 14.6. The van der Waals surface area contributed by atoms with Crippen LogP contribution in [0, 0.1) is 12.7 Å². The van der Waals surface area contributed by atoms with E-state index in [0.717, 1.165) is 94.2 Å². The summed E-state index contributed by atoms with van der Waals surface area (Å²) in [4.78, 5) is 42.8. The van der Waals surface area contributed by atoms with E-state index in [9.17, 15) is 14.0 Å². The third-order valence-corrected chi connectivity index (χ3v) is 11.6. The lowest BCUT2D eigenvalue weighted by Gasteiger charge is -2.29. The van der Waals surface area contributed by atoms with Crippen LogP contribution in [-0.2, 0) is 17.8 Å². The fourth-order valence-electron chi connectivity index (χ4n) is 8.35. The van der Waals surface area contributed by atoms with Gasteiger partial charge in [-0.05, 0) is 112 Å². The van der Waals surface area contributed by atoms with Crippen LogP contribution in [0.1, 0.15) is 69.8 Å². The van der Waals surface area contributed by atoms with Crippen LogP contribution >= 0.6 is 0 Å². The van der Waals surface area contributed by atoms with Gasteiger partial charge in [-0.1, -0.05) is 36.4 Å². The summed E-state index contributed by atoms with van der Waals surface area (Å²) in [5.74, 6) is -0.761. The van der Waals surface area contributed by atoms with Gasteiger partial charge >= 0.3 is 0 Å². The van der Waals surface area contributed by atoms with Gasteiger partial charge in [-0.25, -0.2) is 14.4 Å². The van der Waals surface area contributed by atoms with Gasteiger partial charge in [0, 0.05) is 63.2 Å². The number of aryl methyl sites for hydroxylation is 1. The van der Waals surface area contributed by atoms with Crippen molar-refractivity contribution in [3.63, 3.8) is 0 Å². The molecule has 2 saturated heterocycles. The lowest BCUT2D eigenvalue weighted by Crippen LogP contribution is -2.44. The van der Waals surface area contributed by atoms with Crippen molar-refractivity contribution in [2.24, 2.45) is 0 Å². The standard InChI is InChI=1S/C45H53FN8O4/c1-31-6-3-9-42-50-41(30-54(31)42)44(56)49-37-13-11-36(12-14-37)48-43(55)40-26-35(46)27-47-45(40)58-38-8-4-7-33(25-38)39-15-10-32(28-52-17-5-16-51(2)18-19-52)24-34(39)29-53-20-22-57-23-21-53/h3-4,6-10,15,24-27,30,36-37H,5,11-14,16-23,28-29H2,1-2H3,(H,48,55)(H,49,56)/t36-,37-. The van der Waals surface area contributed by atoms with Crippen molar-refractivity contribution in [1.29, 1.82) is 0 Å². The Bertz CT molecular complexity index is 2230. The highest BCUT2D eigenvalue weighted by Gasteiger charge is 2.27. The van der Waals surface area contributed by atoms with Crippen molar-refractivity contribution in [1.82, 2.24) is 39.7 Å². The van der Waals surface area contributed by atoms with Gasteiger partial charge in [-0.3, -0.25) is 19.4 Å². The zero-order chi connectivity index (χ0) is 40.0. The second-order valence-electron chi connectivity index (χ2n) is 16.0. The number of hydrogen-bond donors (Lipinski definition) is 2. The number of carbonyl (C=O) groups is 2. The van der Waals surface area contributed by atoms with Gasteiger partial charge in [-0.2, -0.15) is 0 Å². The number of aromatic nitrogens is 3. The summed E-state index contributed by atoms with van der Waals surface area (Å²) in [6.45, 7) is 11.3. The molecule has 2 aromatic carbocycles. The number of benzene rings is 2. The quantitative estimate of drug-likeness (QED) is 0.165. The number of fused-ring (bicyclic) bond motifs is 1. The van der Waals surface area contributed by atoms with Gasteiger partial charge in [0.2, 0.25) is 5.88 Å². The zero-order valence-electron chi connectivity index (χ0n) is 33.5. The molecule has 0 unspecified atom stereocenters. The van der Waals surface area contributed by atoms with E-state index >= 15 is 0 Å². The number of pyridine rings is 2. The van der Waals surface area contributed by atoms with E-state index in [0.29, 0.717) is 37.1 Å². The molecule has 1 aliphatic carbocycles. The summed E-state index contributed by atoms with van der Waals surface area (Å²) in [6, 6.07) is 21.3. The normalized spacial score (nSPS) is 19.8. The molecule has 2 N–H and O–H groups in total. The predicted molar refractivity (Wildman–Crippen MR) is 221 cm³/mol. The maximum Gasteiger partial charge on any atom is 0.271 e. The Hall–Kier alpha value is -5.21. The number of ether oxygens (including phenoxy) is 2. The van der Waals surface area contributed by atoms with Crippen molar-refractivity contribution >= 4 is 17.5 Å². The Balaban J connectivity index is 0.930. The number of halogens is 1. The molecule has 2 amide bonds. The number of rotatable bonds is 11. The Morgan fingerprint density at radius 3 is 2.40 bits per heavy atom. The van der Waals surface area contributed by atoms with Gasteiger partial charge < -0.3 is 29.4 Å². The topological polar surface area (TPSA) is 117 Å². The van der Waals surface area contributed by atoms with Crippen molar-refractivity contribution in [2.75, 3.05) is 59.5 Å². The summed E-state index contributed by atoms with van der Waals surface area (Å²) < 4.78 is 28.4. The van der Waals surface area contributed by atoms with Crippen LogP contribution in [0.4, 0.5) is 4.39 Å². The molecule has 0 atom stereocenters. The number of nitrogens with one attached hydrogen (secondary N) is 2. The monoisotopic (exact) mass is 788 g/mol. The molecule has 5 aromatic rings. The Morgan fingerprint density at radius 2 is 1.60 bits per heavy atom. The first-order valence-corrected chi connectivity index (χ1v) is 20.6. The van der Waals surface area contributed by atoms with Crippen LogP contribution in [-0.4, -0.2) is 112 Å². The van der Waals surface area contributed by atoms with E-state index in [2.05, 4.69) is 66.6 Å². The number of hydrogen-bond acceptors (Lipinski definition) is 9. The molecule has 3 aliphatic rings. The smallest absolute Gasteiger partial charge is 0.271 e.